The van der Waals surface area contributed by atoms with E-state index in [0.717, 1.165) is 24.8 Å². The molecule has 0 bridgehead atoms. The quantitative estimate of drug-likeness (QED) is 0.535. The first kappa shape index (κ1) is 18.2. The Hall–Kier alpha value is -1.65. The minimum atomic E-state index is -4.72. The molecular formula is C20H25F3O2. The van der Waals surface area contributed by atoms with Crippen LogP contribution in [0, 0.1) is 18.8 Å². The lowest BCUT2D eigenvalue weighted by Crippen LogP contribution is -2.19. The SMILES string of the molecule is Cc1c(CC/C=C/C2CCC2)ccc(OCC2CC2)c1OC(F)(F)F. The molecule has 0 saturated heterocycles. The molecule has 25 heavy (non-hydrogen) atoms. The van der Waals surface area contributed by atoms with E-state index in [-0.39, 0.29) is 11.5 Å². The van der Waals surface area contributed by atoms with Gasteiger partial charge >= 0.3 is 6.36 Å². The van der Waals surface area contributed by atoms with E-state index in [1.165, 1.54) is 19.3 Å². The zero-order chi connectivity index (χ0) is 17.9. The van der Waals surface area contributed by atoms with Gasteiger partial charge in [-0.25, -0.2) is 0 Å². The molecule has 0 spiro atoms. The zero-order valence-corrected chi connectivity index (χ0v) is 14.6. The highest BCUT2D eigenvalue weighted by Crippen LogP contribution is 2.39. The lowest BCUT2D eigenvalue weighted by molar-refractivity contribution is -0.275. The molecule has 0 amide bonds. The highest BCUT2D eigenvalue weighted by Gasteiger charge is 2.34. The van der Waals surface area contributed by atoms with Crippen LogP contribution in [-0.2, 0) is 6.42 Å². The molecule has 2 saturated carbocycles. The van der Waals surface area contributed by atoms with Crippen LogP contribution < -0.4 is 9.47 Å². The lowest BCUT2D eigenvalue weighted by Gasteiger charge is -2.21. The second kappa shape index (κ2) is 7.71. The number of ether oxygens (including phenoxy) is 2. The highest BCUT2D eigenvalue weighted by molar-refractivity contribution is 5.50. The maximum atomic E-state index is 12.8. The first-order chi connectivity index (χ1) is 11.9. The Morgan fingerprint density at radius 1 is 1.16 bits per heavy atom. The summed E-state index contributed by atoms with van der Waals surface area (Å²) in [6.07, 6.45) is 7.17. The van der Waals surface area contributed by atoms with Gasteiger partial charge in [-0.2, -0.15) is 0 Å². The molecule has 1 aromatic carbocycles. The third kappa shape index (κ3) is 5.41. The third-order valence-corrected chi connectivity index (χ3v) is 5.01. The Labute approximate surface area is 147 Å². The second-order valence-electron chi connectivity index (χ2n) is 7.14. The van der Waals surface area contributed by atoms with Crippen molar-refractivity contribution >= 4 is 0 Å². The normalized spacial score (nSPS) is 18.4. The molecule has 2 aliphatic rings. The van der Waals surface area contributed by atoms with Gasteiger partial charge in [-0.15, -0.1) is 13.2 Å². The molecule has 0 N–H and O–H groups in total. The number of benzene rings is 1. The molecule has 0 aliphatic heterocycles. The van der Waals surface area contributed by atoms with E-state index >= 15 is 0 Å². The van der Waals surface area contributed by atoms with Gasteiger partial charge in [0.05, 0.1) is 6.61 Å². The lowest BCUT2D eigenvalue weighted by atomic mass is 9.85. The summed E-state index contributed by atoms with van der Waals surface area (Å²) >= 11 is 0. The molecule has 0 atom stereocenters. The van der Waals surface area contributed by atoms with Gasteiger partial charge in [0.1, 0.15) is 0 Å². The third-order valence-electron chi connectivity index (χ3n) is 5.01. The van der Waals surface area contributed by atoms with Crippen molar-refractivity contribution in [3.05, 3.63) is 35.4 Å². The van der Waals surface area contributed by atoms with Crippen molar-refractivity contribution in [2.45, 2.75) is 58.2 Å². The number of allylic oxidation sites excluding steroid dienone is 2. The topological polar surface area (TPSA) is 18.5 Å². The Morgan fingerprint density at radius 3 is 2.52 bits per heavy atom. The molecule has 3 rings (SSSR count). The molecule has 0 unspecified atom stereocenters. The Bertz CT molecular complexity index is 614. The predicted molar refractivity (Wildman–Crippen MR) is 90.9 cm³/mol. The zero-order valence-electron chi connectivity index (χ0n) is 14.6. The van der Waals surface area contributed by atoms with E-state index in [1.54, 1.807) is 13.0 Å². The first-order valence-electron chi connectivity index (χ1n) is 9.10. The van der Waals surface area contributed by atoms with E-state index in [2.05, 4.69) is 16.9 Å². The van der Waals surface area contributed by atoms with Crippen molar-refractivity contribution in [2.24, 2.45) is 11.8 Å². The van der Waals surface area contributed by atoms with Gasteiger partial charge in [0, 0.05) is 0 Å². The van der Waals surface area contributed by atoms with Gasteiger partial charge in [0.2, 0.25) is 0 Å². The Kier molecular flexibility index (Phi) is 5.60. The van der Waals surface area contributed by atoms with Crippen molar-refractivity contribution in [2.75, 3.05) is 6.61 Å². The Morgan fingerprint density at radius 2 is 1.92 bits per heavy atom. The van der Waals surface area contributed by atoms with Crippen LogP contribution in [-0.4, -0.2) is 13.0 Å². The molecule has 1 aromatic rings. The highest BCUT2D eigenvalue weighted by atomic mass is 19.4. The number of hydrogen-bond donors (Lipinski definition) is 0. The van der Waals surface area contributed by atoms with Crippen LogP contribution in [0.5, 0.6) is 11.5 Å². The fourth-order valence-electron chi connectivity index (χ4n) is 2.99. The second-order valence-corrected chi connectivity index (χ2v) is 7.14. The minimum Gasteiger partial charge on any atom is -0.489 e. The van der Waals surface area contributed by atoms with Crippen LogP contribution in [0.25, 0.3) is 0 Å². The van der Waals surface area contributed by atoms with Crippen molar-refractivity contribution in [3.63, 3.8) is 0 Å². The summed E-state index contributed by atoms with van der Waals surface area (Å²) in [5.74, 6) is 1.17. The molecule has 2 aliphatic carbocycles. The van der Waals surface area contributed by atoms with Crippen LogP contribution >= 0.6 is 0 Å². The molecule has 138 valence electrons. The molecule has 0 heterocycles. The van der Waals surface area contributed by atoms with Gasteiger partial charge < -0.3 is 9.47 Å². The minimum absolute atomic E-state index is 0.186. The predicted octanol–water partition coefficient (Wildman–Crippen LogP) is 5.97. The van der Waals surface area contributed by atoms with Crippen molar-refractivity contribution < 1.29 is 22.6 Å². The number of aryl methyl sites for hydroxylation is 1. The van der Waals surface area contributed by atoms with Crippen molar-refractivity contribution in [1.29, 1.82) is 0 Å². The van der Waals surface area contributed by atoms with Gasteiger partial charge in [0.15, 0.2) is 11.5 Å². The number of hydrogen-bond acceptors (Lipinski definition) is 2. The summed E-state index contributed by atoms with van der Waals surface area (Å²) in [6, 6.07) is 3.47. The maximum Gasteiger partial charge on any atom is 0.573 e. The molecule has 5 heteroatoms. The van der Waals surface area contributed by atoms with Crippen LogP contribution in [0.15, 0.2) is 24.3 Å². The Balaban J connectivity index is 1.68. The van der Waals surface area contributed by atoms with Crippen LogP contribution in [0.3, 0.4) is 0 Å². The van der Waals surface area contributed by atoms with Crippen LogP contribution in [0.1, 0.15) is 49.7 Å². The summed E-state index contributed by atoms with van der Waals surface area (Å²) < 4.78 is 48.3. The number of halogens is 3. The fraction of sp³-hybridized carbons (Fsp3) is 0.600. The smallest absolute Gasteiger partial charge is 0.489 e. The standard InChI is InChI=1S/C20H25F3O2/c1-14-17(8-3-2-5-15-6-4-7-15)11-12-18(24-13-16-9-10-16)19(14)25-20(21,22)23/h2,5,11-12,15-16H,3-4,6-10,13H2,1H3/b5-2+. The summed E-state index contributed by atoms with van der Waals surface area (Å²) in [5.41, 5.74) is 1.39. The van der Waals surface area contributed by atoms with Gasteiger partial charge in [-0.3, -0.25) is 0 Å². The molecule has 2 nitrogen and oxygen atoms in total. The van der Waals surface area contributed by atoms with Gasteiger partial charge in [-0.1, -0.05) is 24.6 Å². The average molecular weight is 354 g/mol. The van der Waals surface area contributed by atoms with E-state index in [0.29, 0.717) is 30.4 Å². The van der Waals surface area contributed by atoms with E-state index < -0.39 is 6.36 Å². The molecular weight excluding hydrogens is 329 g/mol. The summed E-state index contributed by atoms with van der Waals surface area (Å²) in [6.45, 7) is 2.13. The van der Waals surface area contributed by atoms with E-state index in [4.69, 9.17) is 4.74 Å². The summed E-state index contributed by atoms with van der Waals surface area (Å²) in [5, 5.41) is 0. The van der Waals surface area contributed by atoms with Crippen LogP contribution in [0.4, 0.5) is 13.2 Å². The monoisotopic (exact) mass is 354 g/mol. The molecule has 0 aromatic heterocycles. The number of alkyl halides is 3. The molecule has 2 fully saturated rings. The van der Waals surface area contributed by atoms with E-state index in [9.17, 15) is 13.2 Å². The number of rotatable bonds is 8. The van der Waals surface area contributed by atoms with Crippen molar-refractivity contribution in [3.8, 4) is 11.5 Å². The summed E-state index contributed by atoms with van der Waals surface area (Å²) in [4.78, 5) is 0. The summed E-state index contributed by atoms with van der Waals surface area (Å²) in [7, 11) is 0. The van der Waals surface area contributed by atoms with Crippen molar-refractivity contribution in [1.82, 2.24) is 0 Å². The first-order valence-corrected chi connectivity index (χ1v) is 9.10. The van der Waals surface area contributed by atoms with Gasteiger partial charge in [0.25, 0.3) is 0 Å². The maximum absolute atomic E-state index is 12.8. The van der Waals surface area contributed by atoms with Gasteiger partial charge in [-0.05, 0) is 74.5 Å². The fourth-order valence-corrected chi connectivity index (χ4v) is 2.99. The average Bonchev–Trinajstić information content (AvgIpc) is 3.30. The van der Waals surface area contributed by atoms with Crippen LogP contribution in [0.2, 0.25) is 0 Å². The van der Waals surface area contributed by atoms with E-state index in [1.807, 2.05) is 6.07 Å². The molecule has 0 radical (unpaired) electrons. The largest absolute Gasteiger partial charge is 0.573 e.